The number of hydrogen-bond acceptors (Lipinski definition) is 1. The third kappa shape index (κ3) is 6.31. The molecule has 0 radical (unpaired) electrons. The van der Waals surface area contributed by atoms with E-state index >= 15 is 0 Å². The first-order chi connectivity index (χ1) is 13.8. The van der Waals surface area contributed by atoms with Crippen molar-refractivity contribution in [3.63, 3.8) is 0 Å². The summed E-state index contributed by atoms with van der Waals surface area (Å²) in [6.07, 6.45) is 2.47. The topological polar surface area (TPSA) is 25.2 Å². The van der Waals surface area contributed by atoms with E-state index in [0.717, 1.165) is 16.8 Å². The minimum atomic E-state index is -0.234. The number of carbonyl (C=O) groups excluding carboxylic acids is 1. The first-order valence-corrected chi connectivity index (χ1v) is 10.0. The third-order valence-corrected chi connectivity index (χ3v) is 4.77. The van der Waals surface area contributed by atoms with Gasteiger partial charge in [-0.25, -0.2) is 4.39 Å². The first-order valence-electron chi connectivity index (χ1n) is 10.0. The van der Waals surface area contributed by atoms with Crippen LogP contribution >= 0.6 is 0 Å². The van der Waals surface area contributed by atoms with Crippen molar-refractivity contribution in [2.45, 2.75) is 46.8 Å². The average Bonchev–Trinajstić information content (AvgIpc) is 3.07. The number of aromatic nitrogens is 1. The second-order valence-corrected chi connectivity index (χ2v) is 8.73. The summed E-state index contributed by atoms with van der Waals surface area (Å²) in [4.78, 5) is 15.0. The van der Waals surface area contributed by atoms with Crippen LogP contribution in [-0.2, 0) is 24.4 Å². The Morgan fingerprint density at radius 2 is 1.66 bits per heavy atom. The highest BCUT2D eigenvalue weighted by Gasteiger charge is 2.22. The van der Waals surface area contributed by atoms with Gasteiger partial charge in [-0.2, -0.15) is 0 Å². The molecule has 3 nitrogen and oxygen atoms in total. The van der Waals surface area contributed by atoms with E-state index in [1.807, 2.05) is 59.6 Å². The molecule has 0 fully saturated rings. The molecule has 3 aromatic rings. The van der Waals surface area contributed by atoms with Gasteiger partial charge in [0.05, 0.1) is 6.54 Å². The third-order valence-electron chi connectivity index (χ3n) is 4.77. The van der Waals surface area contributed by atoms with Crippen LogP contribution in [0.3, 0.4) is 0 Å². The molecule has 0 aliphatic carbocycles. The van der Waals surface area contributed by atoms with E-state index in [-0.39, 0.29) is 17.1 Å². The van der Waals surface area contributed by atoms with Crippen molar-refractivity contribution in [3.8, 4) is 0 Å². The minimum absolute atomic E-state index is 0.0738. The summed E-state index contributed by atoms with van der Waals surface area (Å²) < 4.78 is 15.6. The molecule has 0 spiro atoms. The lowest BCUT2D eigenvalue weighted by Crippen LogP contribution is -2.33. The summed E-state index contributed by atoms with van der Waals surface area (Å²) in [5.41, 5.74) is 2.97. The van der Waals surface area contributed by atoms with Crippen LogP contribution in [0.25, 0.3) is 0 Å². The Morgan fingerprint density at radius 3 is 2.34 bits per heavy atom. The molecule has 0 saturated heterocycles. The molecule has 1 amide bonds. The van der Waals surface area contributed by atoms with E-state index < -0.39 is 0 Å². The molecule has 29 heavy (non-hydrogen) atoms. The summed E-state index contributed by atoms with van der Waals surface area (Å²) in [6, 6.07) is 20.7. The maximum Gasteiger partial charge on any atom is 0.223 e. The summed E-state index contributed by atoms with van der Waals surface area (Å²) >= 11 is 0. The summed E-state index contributed by atoms with van der Waals surface area (Å²) in [5.74, 6) is -0.0953. The lowest BCUT2D eigenvalue weighted by atomic mass is 9.91. The largest absolute Gasteiger partial charge is 0.345 e. The number of nitrogens with zero attached hydrogens (tertiary/aromatic N) is 2. The molecule has 0 bridgehead atoms. The minimum Gasteiger partial charge on any atom is -0.345 e. The van der Waals surface area contributed by atoms with Gasteiger partial charge in [0.2, 0.25) is 5.91 Å². The smallest absolute Gasteiger partial charge is 0.223 e. The molecule has 0 atom stereocenters. The van der Waals surface area contributed by atoms with Gasteiger partial charge in [-0.15, -0.1) is 0 Å². The van der Waals surface area contributed by atoms with Gasteiger partial charge in [0.25, 0.3) is 0 Å². The highest BCUT2D eigenvalue weighted by atomic mass is 19.1. The summed E-state index contributed by atoms with van der Waals surface area (Å²) in [7, 11) is 0. The number of rotatable bonds is 7. The van der Waals surface area contributed by atoms with Crippen molar-refractivity contribution >= 4 is 5.91 Å². The van der Waals surface area contributed by atoms with Gasteiger partial charge in [-0.05, 0) is 40.8 Å². The van der Waals surface area contributed by atoms with Crippen molar-refractivity contribution in [2.24, 2.45) is 5.41 Å². The van der Waals surface area contributed by atoms with E-state index in [1.54, 1.807) is 12.1 Å². The molecule has 0 unspecified atom stereocenters. The van der Waals surface area contributed by atoms with Crippen LogP contribution < -0.4 is 0 Å². The molecular formula is C25H29FN2O. The van der Waals surface area contributed by atoms with Crippen LogP contribution in [0.2, 0.25) is 0 Å². The Morgan fingerprint density at radius 1 is 0.931 bits per heavy atom. The van der Waals surface area contributed by atoms with Crippen molar-refractivity contribution in [1.29, 1.82) is 0 Å². The van der Waals surface area contributed by atoms with E-state index in [4.69, 9.17) is 0 Å². The molecule has 0 aliphatic heterocycles. The molecular weight excluding hydrogens is 363 g/mol. The quantitative estimate of drug-likeness (QED) is 0.511. The van der Waals surface area contributed by atoms with E-state index in [1.165, 1.54) is 6.07 Å². The molecule has 4 heteroatoms. The van der Waals surface area contributed by atoms with Gasteiger partial charge in [0.1, 0.15) is 5.82 Å². The standard InChI is InChI=1S/C25H29FN2O/c1-25(2,3)16-24(29)28(17-20-9-5-4-6-10-20)19-23-13-8-14-27(23)18-21-11-7-12-22(26)15-21/h4-15H,16-19H2,1-3H3. The van der Waals surface area contributed by atoms with Crippen LogP contribution in [0.15, 0.2) is 72.9 Å². The van der Waals surface area contributed by atoms with Gasteiger partial charge in [-0.1, -0.05) is 63.2 Å². The fourth-order valence-corrected chi connectivity index (χ4v) is 3.38. The van der Waals surface area contributed by atoms with Crippen LogP contribution in [0.1, 0.15) is 44.0 Å². The fraction of sp³-hybridized carbons (Fsp3) is 0.320. The van der Waals surface area contributed by atoms with Gasteiger partial charge in [0, 0.05) is 31.4 Å². The molecule has 0 saturated carbocycles. The van der Waals surface area contributed by atoms with Crippen molar-refractivity contribution in [3.05, 3.63) is 95.6 Å². The Hall–Kier alpha value is -2.88. The monoisotopic (exact) mass is 392 g/mol. The highest BCUT2D eigenvalue weighted by molar-refractivity contribution is 5.76. The maximum absolute atomic E-state index is 13.5. The lowest BCUT2D eigenvalue weighted by molar-refractivity contribution is -0.134. The second kappa shape index (κ2) is 9.08. The molecule has 0 N–H and O–H groups in total. The van der Waals surface area contributed by atoms with Gasteiger partial charge < -0.3 is 9.47 Å². The number of amides is 1. The summed E-state index contributed by atoms with van der Waals surface area (Å²) in [6.45, 7) is 7.91. The van der Waals surface area contributed by atoms with E-state index in [0.29, 0.717) is 26.1 Å². The van der Waals surface area contributed by atoms with Crippen molar-refractivity contribution < 1.29 is 9.18 Å². The molecule has 1 heterocycles. The zero-order chi connectivity index (χ0) is 20.9. The molecule has 2 aromatic carbocycles. The number of carbonyl (C=O) groups is 1. The first kappa shape index (κ1) is 20.8. The normalized spacial score (nSPS) is 11.4. The molecule has 1 aromatic heterocycles. The molecule has 3 rings (SSSR count). The van der Waals surface area contributed by atoms with Crippen molar-refractivity contribution in [2.75, 3.05) is 0 Å². The van der Waals surface area contributed by atoms with E-state index in [2.05, 4.69) is 25.3 Å². The molecule has 152 valence electrons. The second-order valence-electron chi connectivity index (χ2n) is 8.73. The van der Waals surface area contributed by atoms with Crippen LogP contribution in [0, 0.1) is 11.2 Å². The van der Waals surface area contributed by atoms with E-state index in [9.17, 15) is 9.18 Å². The molecule has 0 aliphatic rings. The predicted octanol–water partition coefficient (Wildman–Crippen LogP) is 5.64. The number of benzene rings is 2. The maximum atomic E-state index is 13.5. The summed E-state index contributed by atoms with van der Waals surface area (Å²) in [5, 5.41) is 0. The number of halogens is 1. The fourth-order valence-electron chi connectivity index (χ4n) is 3.38. The Bertz CT molecular complexity index is 941. The SMILES string of the molecule is CC(C)(C)CC(=O)N(Cc1ccccc1)Cc1cccn1Cc1cccc(F)c1. The Kier molecular flexibility index (Phi) is 6.53. The van der Waals surface area contributed by atoms with Gasteiger partial charge >= 0.3 is 0 Å². The van der Waals surface area contributed by atoms with Gasteiger partial charge in [-0.3, -0.25) is 4.79 Å². The Balaban J connectivity index is 1.80. The Labute approximate surface area is 172 Å². The predicted molar refractivity (Wildman–Crippen MR) is 115 cm³/mol. The lowest BCUT2D eigenvalue weighted by Gasteiger charge is -2.27. The number of hydrogen-bond donors (Lipinski definition) is 0. The van der Waals surface area contributed by atoms with Crippen molar-refractivity contribution in [1.82, 2.24) is 9.47 Å². The highest BCUT2D eigenvalue weighted by Crippen LogP contribution is 2.22. The zero-order valence-corrected chi connectivity index (χ0v) is 17.4. The van der Waals surface area contributed by atoms with Gasteiger partial charge in [0.15, 0.2) is 0 Å². The van der Waals surface area contributed by atoms with Crippen LogP contribution in [0.5, 0.6) is 0 Å². The zero-order valence-electron chi connectivity index (χ0n) is 17.4. The average molecular weight is 393 g/mol. The van der Waals surface area contributed by atoms with Crippen LogP contribution in [-0.4, -0.2) is 15.4 Å². The van der Waals surface area contributed by atoms with Crippen LogP contribution in [0.4, 0.5) is 4.39 Å².